The Labute approximate surface area is 118 Å². The van der Waals surface area contributed by atoms with Crippen LogP contribution in [0.2, 0.25) is 0 Å². The Morgan fingerprint density at radius 2 is 2.10 bits per heavy atom. The number of carboxylic acid groups (broad SMARTS) is 1. The summed E-state index contributed by atoms with van der Waals surface area (Å²) in [4.78, 5) is 37.7. The van der Waals surface area contributed by atoms with E-state index < -0.39 is 11.9 Å². The van der Waals surface area contributed by atoms with Crippen molar-refractivity contribution in [2.24, 2.45) is 5.92 Å². The lowest BCUT2D eigenvalue weighted by Crippen LogP contribution is -2.45. The average Bonchev–Trinajstić information content (AvgIpc) is 2.56. The van der Waals surface area contributed by atoms with Crippen molar-refractivity contribution in [3.63, 3.8) is 0 Å². The van der Waals surface area contributed by atoms with E-state index in [2.05, 4.69) is 5.32 Å². The van der Waals surface area contributed by atoms with Gasteiger partial charge < -0.3 is 20.2 Å². The molecular formula is C13H23N3O4. The van der Waals surface area contributed by atoms with Gasteiger partial charge >= 0.3 is 12.0 Å². The Morgan fingerprint density at radius 3 is 2.70 bits per heavy atom. The van der Waals surface area contributed by atoms with Gasteiger partial charge in [0.1, 0.15) is 6.54 Å². The molecule has 20 heavy (non-hydrogen) atoms. The van der Waals surface area contributed by atoms with Crippen molar-refractivity contribution in [2.75, 3.05) is 33.2 Å². The molecule has 1 saturated heterocycles. The molecule has 1 aliphatic rings. The number of nitrogens with zero attached hydrogens (tertiary/aromatic N) is 2. The number of urea groups is 1. The van der Waals surface area contributed by atoms with Gasteiger partial charge in [-0.15, -0.1) is 0 Å². The van der Waals surface area contributed by atoms with Gasteiger partial charge in [-0.2, -0.15) is 0 Å². The van der Waals surface area contributed by atoms with Crippen molar-refractivity contribution in [2.45, 2.75) is 26.2 Å². The number of carbonyl (C=O) groups excluding carboxylic acids is 2. The number of hydrogen-bond donors (Lipinski definition) is 2. The molecule has 0 aromatic rings. The van der Waals surface area contributed by atoms with Crippen LogP contribution in [0.4, 0.5) is 4.79 Å². The van der Waals surface area contributed by atoms with Gasteiger partial charge in [-0.1, -0.05) is 13.3 Å². The Morgan fingerprint density at radius 1 is 1.40 bits per heavy atom. The molecule has 7 nitrogen and oxygen atoms in total. The fourth-order valence-corrected chi connectivity index (χ4v) is 2.14. The van der Waals surface area contributed by atoms with Gasteiger partial charge in [0.25, 0.3) is 0 Å². The number of nitrogens with one attached hydrogen (secondary N) is 1. The van der Waals surface area contributed by atoms with E-state index in [1.165, 1.54) is 4.90 Å². The Balaban J connectivity index is 2.49. The second kappa shape index (κ2) is 7.72. The van der Waals surface area contributed by atoms with Gasteiger partial charge in [0.05, 0.1) is 5.92 Å². The van der Waals surface area contributed by atoms with E-state index in [0.717, 1.165) is 12.8 Å². The summed E-state index contributed by atoms with van der Waals surface area (Å²) >= 11 is 0. The first kappa shape index (κ1) is 16.3. The number of aliphatic carboxylic acids is 1. The summed E-state index contributed by atoms with van der Waals surface area (Å²) in [6, 6.07) is -0.365. The van der Waals surface area contributed by atoms with E-state index in [9.17, 15) is 14.4 Å². The second-order valence-electron chi connectivity index (χ2n) is 5.10. The number of rotatable bonds is 5. The number of carbonyl (C=O) groups is 3. The minimum atomic E-state index is -0.904. The number of amides is 3. The van der Waals surface area contributed by atoms with Crippen molar-refractivity contribution in [3.8, 4) is 0 Å². The van der Waals surface area contributed by atoms with E-state index in [0.29, 0.717) is 19.5 Å². The van der Waals surface area contributed by atoms with Crippen LogP contribution >= 0.6 is 0 Å². The molecule has 2 N–H and O–H groups in total. The zero-order chi connectivity index (χ0) is 15.1. The minimum Gasteiger partial charge on any atom is -0.481 e. The Hall–Kier alpha value is -1.79. The molecule has 0 aromatic heterocycles. The largest absolute Gasteiger partial charge is 0.481 e. The zero-order valence-electron chi connectivity index (χ0n) is 12.1. The van der Waals surface area contributed by atoms with Crippen LogP contribution in [-0.4, -0.2) is 66.0 Å². The predicted molar refractivity (Wildman–Crippen MR) is 73.3 cm³/mol. The second-order valence-corrected chi connectivity index (χ2v) is 5.10. The zero-order valence-corrected chi connectivity index (χ0v) is 12.1. The number of hydrogen-bond acceptors (Lipinski definition) is 3. The summed E-state index contributed by atoms with van der Waals surface area (Å²) in [5.74, 6) is -1.57. The molecule has 1 atom stereocenters. The maximum Gasteiger partial charge on any atom is 0.317 e. The van der Waals surface area contributed by atoms with E-state index in [-0.39, 0.29) is 25.0 Å². The molecule has 0 radical (unpaired) electrons. The maximum absolute atomic E-state index is 12.0. The van der Waals surface area contributed by atoms with Gasteiger partial charge in [0.15, 0.2) is 0 Å². The van der Waals surface area contributed by atoms with Crippen LogP contribution in [0.1, 0.15) is 26.2 Å². The summed E-state index contributed by atoms with van der Waals surface area (Å²) in [7, 11) is 1.71. The van der Waals surface area contributed by atoms with E-state index >= 15 is 0 Å². The van der Waals surface area contributed by atoms with Gasteiger partial charge in [0.2, 0.25) is 5.91 Å². The van der Waals surface area contributed by atoms with Crippen molar-refractivity contribution < 1.29 is 19.5 Å². The van der Waals surface area contributed by atoms with Crippen molar-refractivity contribution >= 4 is 17.9 Å². The highest BCUT2D eigenvalue weighted by atomic mass is 16.4. The van der Waals surface area contributed by atoms with Crippen molar-refractivity contribution in [3.05, 3.63) is 0 Å². The Kier molecular flexibility index (Phi) is 6.27. The molecule has 1 aliphatic heterocycles. The van der Waals surface area contributed by atoms with E-state index in [4.69, 9.17) is 5.11 Å². The molecule has 7 heteroatoms. The number of likely N-dealkylation sites (N-methyl/N-ethyl adjacent to an activating group) is 1. The SMILES string of the molecule is CCCC(CNC(=O)N1CCCN(C)C(=O)C1)C(=O)O. The summed E-state index contributed by atoms with van der Waals surface area (Å²) in [6.45, 7) is 3.20. The van der Waals surface area contributed by atoms with Crippen molar-refractivity contribution in [1.82, 2.24) is 15.1 Å². The van der Waals surface area contributed by atoms with Crippen LogP contribution in [0.5, 0.6) is 0 Å². The third-order valence-corrected chi connectivity index (χ3v) is 3.45. The van der Waals surface area contributed by atoms with Crippen LogP contribution in [0, 0.1) is 5.92 Å². The highest BCUT2D eigenvalue weighted by molar-refractivity contribution is 5.84. The lowest BCUT2D eigenvalue weighted by Gasteiger charge is -2.21. The summed E-state index contributed by atoms with van der Waals surface area (Å²) in [5.41, 5.74) is 0. The first-order chi connectivity index (χ1) is 9.45. The van der Waals surface area contributed by atoms with Gasteiger partial charge in [0, 0.05) is 26.7 Å². The third kappa shape index (κ3) is 4.71. The smallest absolute Gasteiger partial charge is 0.317 e. The van der Waals surface area contributed by atoms with Crippen LogP contribution in [0.25, 0.3) is 0 Å². The fraction of sp³-hybridized carbons (Fsp3) is 0.769. The normalized spacial score (nSPS) is 17.6. The van der Waals surface area contributed by atoms with Gasteiger partial charge in [-0.25, -0.2) is 4.79 Å². The lowest BCUT2D eigenvalue weighted by molar-refractivity contribution is -0.141. The molecule has 0 aliphatic carbocycles. The van der Waals surface area contributed by atoms with Crippen LogP contribution < -0.4 is 5.32 Å². The minimum absolute atomic E-state index is 0.0495. The molecule has 114 valence electrons. The highest BCUT2D eigenvalue weighted by Gasteiger charge is 2.24. The monoisotopic (exact) mass is 285 g/mol. The van der Waals surface area contributed by atoms with Gasteiger partial charge in [-0.3, -0.25) is 9.59 Å². The first-order valence-corrected chi connectivity index (χ1v) is 6.95. The highest BCUT2D eigenvalue weighted by Crippen LogP contribution is 2.07. The van der Waals surface area contributed by atoms with Crippen LogP contribution in [-0.2, 0) is 9.59 Å². The van der Waals surface area contributed by atoms with Gasteiger partial charge in [-0.05, 0) is 12.8 Å². The quantitative estimate of drug-likeness (QED) is 0.763. The molecule has 0 bridgehead atoms. The molecule has 0 saturated carbocycles. The molecule has 1 rings (SSSR count). The lowest BCUT2D eigenvalue weighted by atomic mass is 10.0. The first-order valence-electron chi connectivity index (χ1n) is 6.95. The molecule has 3 amide bonds. The molecule has 1 heterocycles. The topological polar surface area (TPSA) is 90.0 Å². The fourth-order valence-electron chi connectivity index (χ4n) is 2.14. The Bertz CT molecular complexity index is 373. The molecule has 0 spiro atoms. The average molecular weight is 285 g/mol. The molecule has 1 unspecified atom stereocenters. The van der Waals surface area contributed by atoms with E-state index in [1.807, 2.05) is 6.92 Å². The number of carboxylic acids is 1. The predicted octanol–water partition coefficient (Wildman–Crippen LogP) is 0.361. The molecule has 1 fully saturated rings. The van der Waals surface area contributed by atoms with E-state index in [1.54, 1.807) is 11.9 Å². The van der Waals surface area contributed by atoms with Crippen molar-refractivity contribution in [1.29, 1.82) is 0 Å². The van der Waals surface area contributed by atoms with Crippen LogP contribution in [0.15, 0.2) is 0 Å². The molecular weight excluding hydrogens is 262 g/mol. The summed E-state index contributed by atoms with van der Waals surface area (Å²) < 4.78 is 0. The third-order valence-electron chi connectivity index (χ3n) is 3.45. The standard InChI is InChI=1S/C13H23N3O4/c1-3-5-10(12(18)19)8-14-13(20)16-7-4-6-15(2)11(17)9-16/h10H,3-9H2,1-2H3,(H,14,20)(H,18,19). The summed E-state index contributed by atoms with van der Waals surface area (Å²) in [6.07, 6.45) is 2.00. The maximum atomic E-state index is 12.0. The summed E-state index contributed by atoms with van der Waals surface area (Å²) in [5, 5.41) is 11.6. The molecule has 0 aromatic carbocycles. The van der Waals surface area contributed by atoms with Crippen LogP contribution in [0.3, 0.4) is 0 Å².